The van der Waals surface area contributed by atoms with E-state index in [-0.39, 0.29) is 34.9 Å². The first-order chi connectivity index (χ1) is 14.9. The van der Waals surface area contributed by atoms with Crippen LogP contribution in [0.5, 0.6) is 11.5 Å². The number of nitrogens with zero attached hydrogens (tertiary/aromatic N) is 1. The molecule has 1 N–H and O–H groups in total. The Morgan fingerprint density at radius 3 is 2.71 bits per heavy atom. The highest BCUT2D eigenvalue weighted by atomic mass is 16.6. The van der Waals surface area contributed by atoms with Crippen molar-refractivity contribution >= 4 is 28.5 Å². The fourth-order valence-corrected chi connectivity index (χ4v) is 2.60. The highest BCUT2D eigenvalue weighted by Crippen LogP contribution is 2.26. The molecule has 10 heteroatoms. The molecule has 3 rings (SSSR count). The van der Waals surface area contributed by atoms with Gasteiger partial charge in [0.15, 0.2) is 12.4 Å². The number of amides is 1. The number of nitro benzene ring substituents is 1. The molecule has 0 spiro atoms. The minimum Gasteiger partial charge on any atom is -0.475 e. The zero-order valence-corrected chi connectivity index (χ0v) is 16.0. The third-order valence-electron chi connectivity index (χ3n) is 4.00. The third kappa shape index (κ3) is 5.12. The summed E-state index contributed by atoms with van der Waals surface area (Å²) in [6.07, 6.45) is 1.47. The number of rotatable bonds is 8. The molecule has 0 saturated heterocycles. The van der Waals surface area contributed by atoms with Gasteiger partial charge in [0.1, 0.15) is 16.9 Å². The van der Waals surface area contributed by atoms with Gasteiger partial charge < -0.3 is 19.2 Å². The van der Waals surface area contributed by atoms with Gasteiger partial charge in [-0.2, -0.15) is 0 Å². The summed E-state index contributed by atoms with van der Waals surface area (Å²) in [5.41, 5.74) is -1.19. The van der Waals surface area contributed by atoms with Crippen LogP contribution in [0.2, 0.25) is 0 Å². The third-order valence-corrected chi connectivity index (χ3v) is 4.00. The number of esters is 1. The van der Waals surface area contributed by atoms with Gasteiger partial charge in [-0.3, -0.25) is 14.9 Å². The molecule has 10 nitrogen and oxygen atoms in total. The van der Waals surface area contributed by atoms with Gasteiger partial charge in [-0.25, -0.2) is 9.59 Å². The van der Waals surface area contributed by atoms with Crippen LogP contribution in [0.4, 0.5) is 5.69 Å². The lowest BCUT2D eigenvalue weighted by Gasteiger charge is -2.08. The molecule has 2 aromatic carbocycles. The fraction of sp³-hybridized carbons (Fsp3) is 0.0952. The number of hydrogen-bond donors (Lipinski definition) is 1. The van der Waals surface area contributed by atoms with E-state index in [1.54, 1.807) is 0 Å². The Balaban J connectivity index is 1.71. The lowest BCUT2D eigenvalue weighted by atomic mass is 10.1. The van der Waals surface area contributed by atoms with Crippen molar-refractivity contribution in [1.29, 1.82) is 0 Å². The first-order valence-electron chi connectivity index (χ1n) is 8.93. The summed E-state index contributed by atoms with van der Waals surface area (Å²) in [5, 5.41) is 13.9. The van der Waals surface area contributed by atoms with Gasteiger partial charge in [-0.15, -0.1) is 6.58 Å². The molecule has 0 radical (unpaired) electrons. The minimum absolute atomic E-state index is 0.0654. The molecule has 0 aliphatic rings. The number of nitrogens with one attached hydrogen (secondary N) is 1. The Morgan fingerprint density at radius 1 is 1.19 bits per heavy atom. The van der Waals surface area contributed by atoms with Crippen molar-refractivity contribution < 1.29 is 28.4 Å². The van der Waals surface area contributed by atoms with Crippen LogP contribution >= 0.6 is 0 Å². The van der Waals surface area contributed by atoms with Crippen LogP contribution < -0.4 is 20.4 Å². The second-order valence-electron chi connectivity index (χ2n) is 6.13. The smallest absolute Gasteiger partial charge is 0.349 e. The summed E-state index contributed by atoms with van der Waals surface area (Å²) in [4.78, 5) is 46.5. The Hall–Kier alpha value is -4.47. The predicted molar refractivity (Wildman–Crippen MR) is 109 cm³/mol. The maximum atomic E-state index is 12.1. The molecular formula is C21H16N2O8. The number of nitro groups is 1. The Bertz CT molecular complexity index is 1230. The lowest BCUT2D eigenvalue weighted by molar-refractivity contribution is -0.385. The maximum Gasteiger partial charge on any atom is 0.349 e. The van der Waals surface area contributed by atoms with Gasteiger partial charge in [-0.1, -0.05) is 18.2 Å². The van der Waals surface area contributed by atoms with Crippen LogP contribution in [0.3, 0.4) is 0 Å². The minimum atomic E-state index is -0.850. The second-order valence-corrected chi connectivity index (χ2v) is 6.13. The van der Waals surface area contributed by atoms with Crippen LogP contribution in [-0.4, -0.2) is 30.0 Å². The van der Waals surface area contributed by atoms with Crippen LogP contribution in [-0.2, 0) is 4.79 Å². The van der Waals surface area contributed by atoms with Crippen LogP contribution in [0, 0.1) is 10.1 Å². The van der Waals surface area contributed by atoms with E-state index < -0.39 is 29.0 Å². The maximum absolute atomic E-state index is 12.1. The van der Waals surface area contributed by atoms with E-state index in [0.717, 1.165) is 0 Å². The zero-order chi connectivity index (χ0) is 22.4. The number of ether oxygens (including phenoxy) is 2. The fourth-order valence-electron chi connectivity index (χ4n) is 2.60. The normalized spacial score (nSPS) is 10.3. The Labute approximate surface area is 174 Å². The van der Waals surface area contributed by atoms with Gasteiger partial charge in [-0.05, 0) is 24.3 Å². The molecule has 1 aromatic heterocycles. The van der Waals surface area contributed by atoms with Crippen molar-refractivity contribution in [3.8, 4) is 11.5 Å². The lowest BCUT2D eigenvalue weighted by Crippen LogP contribution is -2.28. The Kier molecular flexibility index (Phi) is 6.41. The first kappa shape index (κ1) is 21.2. The van der Waals surface area contributed by atoms with Crippen molar-refractivity contribution in [2.45, 2.75) is 0 Å². The van der Waals surface area contributed by atoms with Crippen molar-refractivity contribution in [3.05, 3.63) is 87.3 Å². The first-order valence-corrected chi connectivity index (χ1v) is 8.93. The van der Waals surface area contributed by atoms with E-state index in [0.29, 0.717) is 5.39 Å². The van der Waals surface area contributed by atoms with E-state index in [2.05, 4.69) is 11.9 Å². The standard InChI is InChI=1S/C21H16N2O8/c1-2-9-22-20(25)15-10-13-7-8-14(11-18(13)31-21(15)26)30-19(24)12-29-17-6-4-3-5-16(17)23(27)28/h2-8,10-11H,1,9,12H2,(H,22,25). The summed E-state index contributed by atoms with van der Waals surface area (Å²) in [5.74, 6) is -1.43. The Morgan fingerprint density at radius 2 is 1.97 bits per heavy atom. The van der Waals surface area contributed by atoms with Gasteiger partial charge in [0.2, 0.25) is 0 Å². The number of para-hydroxylation sites is 2. The average molecular weight is 424 g/mol. The quantitative estimate of drug-likeness (QED) is 0.145. The summed E-state index contributed by atoms with van der Waals surface area (Å²) >= 11 is 0. The summed E-state index contributed by atoms with van der Waals surface area (Å²) in [6, 6.07) is 11.2. The average Bonchev–Trinajstić information content (AvgIpc) is 2.75. The molecule has 0 aliphatic heterocycles. The van der Waals surface area contributed by atoms with E-state index in [1.807, 2.05) is 0 Å². The van der Waals surface area contributed by atoms with Crippen LogP contribution in [0.1, 0.15) is 10.4 Å². The van der Waals surface area contributed by atoms with Crippen molar-refractivity contribution in [1.82, 2.24) is 5.32 Å². The number of hydrogen-bond acceptors (Lipinski definition) is 8. The predicted octanol–water partition coefficient (Wildman–Crippen LogP) is 2.60. The topological polar surface area (TPSA) is 138 Å². The molecule has 1 heterocycles. The zero-order valence-electron chi connectivity index (χ0n) is 16.0. The van der Waals surface area contributed by atoms with Crippen LogP contribution in [0.25, 0.3) is 11.0 Å². The van der Waals surface area contributed by atoms with Crippen LogP contribution in [0.15, 0.2) is 70.4 Å². The van der Waals surface area contributed by atoms with Gasteiger partial charge in [0, 0.05) is 24.1 Å². The molecule has 0 fully saturated rings. The van der Waals surface area contributed by atoms with E-state index >= 15 is 0 Å². The molecule has 31 heavy (non-hydrogen) atoms. The van der Waals surface area contributed by atoms with Gasteiger partial charge >= 0.3 is 17.3 Å². The highest BCUT2D eigenvalue weighted by molar-refractivity contribution is 5.96. The highest BCUT2D eigenvalue weighted by Gasteiger charge is 2.17. The van der Waals surface area contributed by atoms with Gasteiger partial charge in [0.05, 0.1) is 4.92 Å². The second kappa shape index (κ2) is 9.35. The SMILES string of the molecule is C=CCNC(=O)c1cc2ccc(OC(=O)COc3ccccc3[N+](=O)[O-])cc2oc1=O. The number of carbonyl (C=O) groups excluding carboxylic acids is 2. The number of benzene rings is 2. The largest absolute Gasteiger partial charge is 0.475 e. The number of fused-ring (bicyclic) bond motifs is 1. The molecule has 0 atom stereocenters. The van der Waals surface area contributed by atoms with E-state index in [9.17, 15) is 24.5 Å². The molecule has 0 bridgehead atoms. The summed E-state index contributed by atoms with van der Waals surface area (Å²) < 4.78 is 15.4. The van der Waals surface area contributed by atoms with E-state index in [1.165, 1.54) is 54.6 Å². The van der Waals surface area contributed by atoms with Crippen molar-refractivity contribution in [2.24, 2.45) is 0 Å². The molecule has 0 aliphatic carbocycles. The molecular weight excluding hydrogens is 408 g/mol. The van der Waals surface area contributed by atoms with Crippen molar-refractivity contribution in [3.63, 3.8) is 0 Å². The van der Waals surface area contributed by atoms with Crippen molar-refractivity contribution in [2.75, 3.05) is 13.2 Å². The molecule has 3 aromatic rings. The molecule has 158 valence electrons. The monoisotopic (exact) mass is 424 g/mol. The molecule has 0 saturated carbocycles. The van der Waals surface area contributed by atoms with E-state index in [4.69, 9.17) is 13.9 Å². The van der Waals surface area contributed by atoms with Gasteiger partial charge in [0.25, 0.3) is 5.91 Å². The summed E-state index contributed by atoms with van der Waals surface area (Å²) in [6.45, 7) is 3.10. The molecule has 1 amide bonds. The summed E-state index contributed by atoms with van der Waals surface area (Å²) in [7, 11) is 0. The molecule has 0 unspecified atom stereocenters. The number of carbonyl (C=O) groups is 2.